The van der Waals surface area contributed by atoms with Crippen molar-refractivity contribution in [2.75, 3.05) is 13.1 Å². The van der Waals surface area contributed by atoms with Gasteiger partial charge >= 0.3 is 0 Å². The first-order valence-corrected chi connectivity index (χ1v) is 7.95. The molecular weight excluding hydrogens is 294 g/mol. The third-order valence-electron chi connectivity index (χ3n) is 4.42. The molecule has 2 heterocycles. The van der Waals surface area contributed by atoms with Gasteiger partial charge in [-0.15, -0.1) is 0 Å². The Morgan fingerprint density at radius 2 is 2.04 bits per heavy atom. The van der Waals surface area contributed by atoms with Crippen LogP contribution >= 0.6 is 0 Å². The summed E-state index contributed by atoms with van der Waals surface area (Å²) in [6, 6.07) is 5.59. The average molecular weight is 315 g/mol. The number of imide groups is 1. The van der Waals surface area contributed by atoms with E-state index in [2.05, 4.69) is 17.6 Å². The number of carbonyl (C=O) groups excluding carboxylic acids is 3. The van der Waals surface area contributed by atoms with Crippen LogP contribution < -0.4 is 10.6 Å². The largest absolute Gasteiger partial charge is 0.352 e. The molecule has 0 spiro atoms. The summed E-state index contributed by atoms with van der Waals surface area (Å²) in [5.74, 6) is -1.06. The van der Waals surface area contributed by atoms with E-state index < -0.39 is 0 Å². The van der Waals surface area contributed by atoms with E-state index in [9.17, 15) is 14.4 Å². The summed E-state index contributed by atoms with van der Waals surface area (Å²) in [5, 5.41) is 6.25. The summed E-state index contributed by atoms with van der Waals surface area (Å²) < 4.78 is 0. The molecule has 2 atom stereocenters. The standard InChI is InChI=1S/C17H21N3O3/c1-10-3-4-13-14(7-10)17(23)20(16(13)22)9-15(21)19-12-5-6-18-11(2)8-12/h3-4,7,11-12,18H,5-6,8-9H2,1-2H3,(H,19,21). The minimum absolute atomic E-state index is 0.0937. The summed E-state index contributed by atoms with van der Waals surface area (Å²) in [5.41, 5.74) is 1.68. The number of rotatable bonds is 3. The summed E-state index contributed by atoms with van der Waals surface area (Å²) >= 11 is 0. The summed E-state index contributed by atoms with van der Waals surface area (Å²) in [7, 11) is 0. The Labute approximate surface area is 135 Å². The second-order valence-corrected chi connectivity index (χ2v) is 6.39. The topological polar surface area (TPSA) is 78.5 Å². The maximum absolute atomic E-state index is 12.4. The lowest BCUT2D eigenvalue weighted by Crippen LogP contribution is -2.49. The molecule has 122 valence electrons. The summed E-state index contributed by atoms with van der Waals surface area (Å²) in [6.07, 6.45) is 1.71. The molecular formula is C17H21N3O3. The Balaban J connectivity index is 1.65. The second-order valence-electron chi connectivity index (χ2n) is 6.39. The van der Waals surface area contributed by atoms with Gasteiger partial charge in [0.1, 0.15) is 6.54 Å². The van der Waals surface area contributed by atoms with Crippen LogP contribution in [0.3, 0.4) is 0 Å². The van der Waals surface area contributed by atoms with E-state index in [1.165, 1.54) is 0 Å². The van der Waals surface area contributed by atoms with E-state index in [0.29, 0.717) is 17.2 Å². The van der Waals surface area contributed by atoms with Gasteiger partial charge in [0.15, 0.2) is 0 Å². The van der Waals surface area contributed by atoms with Crippen molar-refractivity contribution in [1.82, 2.24) is 15.5 Å². The molecule has 0 radical (unpaired) electrons. The Morgan fingerprint density at radius 3 is 2.78 bits per heavy atom. The highest BCUT2D eigenvalue weighted by Crippen LogP contribution is 2.23. The third kappa shape index (κ3) is 3.12. The minimum atomic E-state index is -0.390. The summed E-state index contributed by atoms with van der Waals surface area (Å²) in [6.45, 7) is 4.58. The maximum Gasteiger partial charge on any atom is 0.262 e. The van der Waals surface area contributed by atoms with Crippen LogP contribution in [0.4, 0.5) is 0 Å². The van der Waals surface area contributed by atoms with Crippen molar-refractivity contribution in [1.29, 1.82) is 0 Å². The van der Waals surface area contributed by atoms with Crippen molar-refractivity contribution in [3.05, 3.63) is 34.9 Å². The van der Waals surface area contributed by atoms with Crippen molar-refractivity contribution in [2.45, 2.75) is 38.8 Å². The van der Waals surface area contributed by atoms with Gasteiger partial charge in [0, 0.05) is 12.1 Å². The highest BCUT2D eigenvalue weighted by atomic mass is 16.2. The smallest absolute Gasteiger partial charge is 0.262 e. The van der Waals surface area contributed by atoms with Crippen LogP contribution in [0.5, 0.6) is 0 Å². The van der Waals surface area contributed by atoms with Crippen LogP contribution in [0.1, 0.15) is 46.0 Å². The van der Waals surface area contributed by atoms with Crippen LogP contribution in [0.2, 0.25) is 0 Å². The molecule has 3 rings (SSSR count). The van der Waals surface area contributed by atoms with Gasteiger partial charge in [0.05, 0.1) is 11.1 Å². The lowest BCUT2D eigenvalue weighted by Gasteiger charge is -2.29. The SMILES string of the molecule is Cc1ccc2c(c1)C(=O)N(CC(=O)NC1CCNC(C)C1)C2=O. The normalized spacial score (nSPS) is 23.8. The Morgan fingerprint density at radius 1 is 1.30 bits per heavy atom. The molecule has 3 amide bonds. The van der Waals surface area contributed by atoms with Gasteiger partial charge in [0.25, 0.3) is 11.8 Å². The lowest BCUT2D eigenvalue weighted by molar-refractivity contribution is -0.122. The first kappa shape index (κ1) is 15.7. The summed E-state index contributed by atoms with van der Waals surface area (Å²) in [4.78, 5) is 37.9. The van der Waals surface area contributed by atoms with E-state index in [1.807, 2.05) is 6.92 Å². The Hall–Kier alpha value is -2.21. The fourth-order valence-electron chi connectivity index (χ4n) is 3.23. The molecule has 0 aromatic heterocycles. The number of aryl methyl sites for hydroxylation is 1. The number of nitrogens with zero attached hydrogens (tertiary/aromatic N) is 1. The number of carbonyl (C=O) groups is 3. The first-order valence-electron chi connectivity index (χ1n) is 7.95. The fraction of sp³-hybridized carbons (Fsp3) is 0.471. The highest BCUT2D eigenvalue weighted by molar-refractivity contribution is 6.22. The third-order valence-corrected chi connectivity index (χ3v) is 4.42. The number of hydrogen-bond donors (Lipinski definition) is 2. The predicted molar refractivity (Wildman–Crippen MR) is 85.2 cm³/mol. The molecule has 1 aromatic carbocycles. The number of benzene rings is 1. The van der Waals surface area contributed by atoms with E-state index in [4.69, 9.17) is 0 Å². The van der Waals surface area contributed by atoms with E-state index in [1.54, 1.807) is 18.2 Å². The second kappa shape index (κ2) is 6.12. The van der Waals surface area contributed by atoms with Crippen molar-refractivity contribution >= 4 is 17.7 Å². The van der Waals surface area contributed by atoms with E-state index in [0.717, 1.165) is 29.8 Å². The van der Waals surface area contributed by atoms with Crippen LogP contribution in [0.25, 0.3) is 0 Å². The highest BCUT2D eigenvalue weighted by Gasteiger charge is 2.36. The van der Waals surface area contributed by atoms with Crippen molar-refractivity contribution in [2.24, 2.45) is 0 Å². The zero-order valence-corrected chi connectivity index (χ0v) is 13.4. The molecule has 2 aliphatic rings. The molecule has 0 bridgehead atoms. The average Bonchev–Trinajstić information content (AvgIpc) is 2.72. The predicted octanol–water partition coefficient (Wildman–Crippen LogP) is 0.848. The van der Waals surface area contributed by atoms with Crippen LogP contribution in [-0.2, 0) is 4.79 Å². The van der Waals surface area contributed by atoms with Crippen molar-refractivity contribution in [3.8, 4) is 0 Å². The minimum Gasteiger partial charge on any atom is -0.352 e. The van der Waals surface area contributed by atoms with Crippen LogP contribution in [0.15, 0.2) is 18.2 Å². The lowest BCUT2D eigenvalue weighted by atomic mass is 10.0. The number of fused-ring (bicyclic) bond motifs is 1. The number of nitrogens with one attached hydrogen (secondary N) is 2. The number of piperidine rings is 1. The first-order chi connectivity index (χ1) is 11.0. The monoisotopic (exact) mass is 315 g/mol. The molecule has 0 saturated carbocycles. The molecule has 1 aromatic rings. The number of amides is 3. The van der Waals surface area contributed by atoms with Crippen molar-refractivity contribution in [3.63, 3.8) is 0 Å². The molecule has 1 fully saturated rings. The Bertz CT molecular complexity index is 671. The molecule has 6 nitrogen and oxygen atoms in total. The molecule has 1 saturated heterocycles. The van der Waals surface area contributed by atoms with E-state index in [-0.39, 0.29) is 30.3 Å². The molecule has 23 heavy (non-hydrogen) atoms. The van der Waals surface area contributed by atoms with Gasteiger partial charge in [-0.25, -0.2) is 0 Å². The van der Waals surface area contributed by atoms with E-state index >= 15 is 0 Å². The zero-order chi connectivity index (χ0) is 16.6. The molecule has 2 unspecified atom stereocenters. The quantitative estimate of drug-likeness (QED) is 0.811. The van der Waals surface area contributed by atoms with Crippen molar-refractivity contribution < 1.29 is 14.4 Å². The van der Waals surface area contributed by atoms with Crippen LogP contribution in [-0.4, -0.2) is 47.8 Å². The van der Waals surface area contributed by atoms with Gasteiger partial charge in [0.2, 0.25) is 5.91 Å². The zero-order valence-electron chi connectivity index (χ0n) is 13.4. The van der Waals surface area contributed by atoms with Crippen LogP contribution in [0, 0.1) is 6.92 Å². The molecule has 2 N–H and O–H groups in total. The molecule has 0 aliphatic carbocycles. The van der Waals surface area contributed by atoms with Gasteiger partial charge in [-0.3, -0.25) is 19.3 Å². The maximum atomic E-state index is 12.4. The van der Waals surface area contributed by atoms with Gasteiger partial charge < -0.3 is 10.6 Å². The van der Waals surface area contributed by atoms with Gasteiger partial charge in [-0.2, -0.15) is 0 Å². The number of hydrogen-bond acceptors (Lipinski definition) is 4. The fourth-order valence-corrected chi connectivity index (χ4v) is 3.23. The van der Waals surface area contributed by atoms with Gasteiger partial charge in [-0.05, 0) is 45.4 Å². The molecule has 2 aliphatic heterocycles. The Kier molecular flexibility index (Phi) is 4.17. The molecule has 6 heteroatoms. The van der Waals surface area contributed by atoms with Gasteiger partial charge in [-0.1, -0.05) is 11.6 Å².